The van der Waals surface area contributed by atoms with Crippen LogP contribution in [0.25, 0.3) is 6.08 Å². The lowest BCUT2D eigenvalue weighted by atomic mass is 10.2. The van der Waals surface area contributed by atoms with Crippen LogP contribution in [0.2, 0.25) is 5.02 Å². The minimum absolute atomic E-state index is 0.195. The second kappa shape index (κ2) is 8.25. The topological polar surface area (TPSA) is 47.6 Å². The largest absolute Gasteiger partial charge is 0.493 e. The first-order chi connectivity index (χ1) is 11.1. The summed E-state index contributed by atoms with van der Waals surface area (Å²) in [4.78, 5) is 11.9. The summed E-state index contributed by atoms with van der Waals surface area (Å²) in [5, 5.41) is 3.43. The fourth-order valence-corrected chi connectivity index (χ4v) is 2.21. The summed E-state index contributed by atoms with van der Waals surface area (Å²) >= 11 is 6.05. The minimum atomic E-state index is -0.195. The number of hydrogen-bond acceptors (Lipinski definition) is 3. The number of rotatable bonds is 6. The number of carbonyl (C=O) groups excluding carboxylic acids is 1. The summed E-state index contributed by atoms with van der Waals surface area (Å²) in [5.41, 5.74) is 1.72. The van der Waals surface area contributed by atoms with Crippen LogP contribution in [0.5, 0.6) is 11.5 Å². The average Bonchev–Trinajstić information content (AvgIpc) is 2.58. The van der Waals surface area contributed by atoms with E-state index in [1.165, 1.54) is 6.08 Å². The van der Waals surface area contributed by atoms with Crippen LogP contribution < -0.4 is 14.8 Å². The van der Waals surface area contributed by atoms with Gasteiger partial charge < -0.3 is 14.8 Å². The number of carbonyl (C=O) groups is 1. The molecule has 0 aliphatic carbocycles. The SMILES string of the molecule is COc1ccc(C=CC(=O)NCc2ccccc2Cl)cc1OC. The molecule has 0 unspecified atom stereocenters. The van der Waals surface area contributed by atoms with Crippen molar-refractivity contribution in [3.05, 3.63) is 64.7 Å². The first-order valence-electron chi connectivity index (χ1n) is 7.05. The molecule has 120 valence electrons. The molecule has 0 fully saturated rings. The van der Waals surface area contributed by atoms with Gasteiger partial charge in [-0.3, -0.25) is 4.79 Å². The average molecular weight is 332 g/mol. The van der Waals surface area contributed by atoms with E-state index in [-0.39, 0.29) is 5.91 Å². The Morgan fingerprint density at radius 1 is 1.13 bits per heavy atom. The molecular formula is C18H18ClNO3. The maximum atomic E-state index is 11.9. The highest BCUT2D eigenvalue weighted by molar-refractivity contribution is 6.31. The Bertz CT molecular complexity index is 713. The Morgan fingerprint density at radius 3 is 2.57 bits per heavy atom. The molecule has 0 aliphatic heterocycles. The van der Waals surface area contributed by atoms with Crippen molar-refractivity contribution in [2.24, 2.45) is 0 Å². The van der Waals surface area contributed by atoms with E-state index in [4.69, 9.17) is 21.1 Å². The lowest BCUT2D eigenvalue weighted by Gasteiger charge is -2.07. The zero-order valence-corrected chi connectivity index (χ0v) is 13.8. The molecule has 0 heterocycles. The molecule has 0 aliphatic rings. The molecule has 2 rings (SSSR count). The van der Waals surface area contributed by atoms with E-state index in [2.05, 4.69) is 5.32 Å². The van der Waals surface area contributed by atoms with Gasteiger partial charge >= 0.3 is 0 Å². The molecule has 0 spiro atoms. The third-order valence-electron chi connectivity index (χ3n) is 3.25. The summed E-state index contributed by atoms with van der Waals surface area (Å²) in [6.45, 7) is 0.384. The minimum Gasteiger partial charge on any atom is -0.493 e. The van der Waals surface area contributed by atoms with Crippen LogP contribution >= 0.6 is 11.6 Å². The van der Waals surface area contributed by atoms with Crippen LogP contribution in [-0.4, -0.2) is 20.1 Å². The van der Waals surface area contributed by atoms with Crippen LogP contribution in [0.4, 0.5) is 0 Å². The normalized spacial score (nSPS) is 10.6. The molecule has 2 aromatic rings. The van der Waals surface area contributed by atoms with Crippen molar-refractivity contribution in [1.29, 1.82) is 0 Å². The van der Waals surface area contributed by atoms with Crippen LogP contribution in [0.3, 0.4) is 0 Å². The number of amides is 1. The summed E-state index contributed by atoms with van der Waals surface area (Å²) < 4.78 is 10.4. The number of methoxy groups -OCH3 is 2. The summed E-state index contributed by atoms with van der Waals surface area (Å²) in [5.74, 6) is 1.07. The predicted molar refractivity (Wildman–Crippen MR) is 91.9 cm³/mol. The van der Waals surface area contributed by atoms with Gasteiger partial charge in [0.05, 0.1) is 14.2 Å². The summed E-state index contributed by atoms with van der Waals surface area (Å²) in [6.07, 6.45) is 3.18. The van der Waals surface area contributed by atoms with Gasteiger partial charge in [-0.2, -0.15) is 0 Å². The molecule has 0 saturated heterocycles. The van der Waals surface area contributed by atoms with Crippen molar-refractivity contribution < 1.29 is 14.3 Å². The third kappa shape index (κ3) is 4.76. The van der Waals surface area contributed by atoms with Crippen molar-refractivity contribution in [2.75, 3.05) is 14.2 Å². The molecule has 1 N–H and O–H groups in total. The lowest BCUT2D eigenvalue weighted by Crippen LogP contribution is -2.20. The fraction of sp³-hybridized carbons (Fsp3) is 0.167. The molecule has 4 nitrogen and oxygen atoms in total. The number of hydrogen-bond donors (Lipinski definition) is 1. The van der Waals surface area contributed by atoms with Crippen molar-refractivity contribution in [2.45, 2.75) is 6.54 Å². The van der Waals surface area contributed by atoms with Crippen LogP contribution in [0.1, 0.15) is 11.1 Å². The van der Waals surface area contributed by atoms with Gasteiger partial charge in [0.2, 0.25) is 5.91 Å². The van der Waals surface area contributed by atoms with Gasteiger partial charge in [-0.05, 0) is 35.4 Å². The Morgan fingerprint density at radius 2 is 1.87 bits per heavy atom. The Kier molecular flexibility index (Phi) is 6.06. The quantitative estimate of drug-likeness (QED) is 0.821. The second-order valence-corrected chi connectivity index (χ2v) is 5.16. The molecule has 2 aromatic carbocycles. The molecule has 0 saturated carbocycles. The smallest absolute Gasteiger partial charge is 0.244 e. The van der Waals surface area contributed by atoms with E-state index >= 15 is 0 Å². The standard InChI is InChI=1S/C18H18ClNO3/c1-22-16-9-7-13(11-17(16)23-2)8-10-18(21)20-12-14-5-3-4-6-15(14)19/h3-11H,12H2,1-2H3,(H,20,21). The van der Waals surface area contributed by atoms with Gasteiger partial charge in [-0.25, -0.2) is 0 Å². The highest BCUT2D eigenvalue weighted by Crippen LogP contribution is 2.27. The molecule has 23 heavy (non-hydrogen) atoms. The Labute approximate surface area is 140 Å². The van der Waals surface area contributed by atoms with Gasteiger partial charge in [0.25, 0.3) is 0 Å². The van der Waals surface area contributed by atoms with Crippen molar-refractivity contribution in [3.63, 3.8) is 0 Å². The number of benzene rings is 2. The van der Waals surface area contributed by atoms with E-state index < -0.39 is 0 Å². The van der Waals surface area contributed by atoms with Crippen LogP contribution in [0, 0.1) is 0 Å². The van der Waals surface area contributed by atoms with Crippen molar-refractivity contribution in [1.82, 2.24) is 5.32 Å². The Hall–Kier alpha value is -2.46. The van der Waals surface area contributed by atoms with Gasteiger partial charge in [0.15, 0.2) is 11.5 Å². The van der Waals surface area contributed by atoms with Crippen molar-refractivity contribution >= 4 is 23.6 Å². The van der Waals surface area contributed by atoms with Crippen LogP contribution in [0.15, 0.2) is 48.5 Å². The highest BCUT2D eigenvalue weighted by Gasteiger charge is 2.04. The molecule has 0 radical (unpaired) electrons. The zero-order valence-electron chi connectivity index (χ0n) is 13.0. The fourth-order valence-electron chi connectivity index (χ4n) is 2.01. The first kappa shape index (κ1) is 16.9. The molecule has 0 atom stereocenters. The van der Waals surface area contributed by atoms with Gasteiger partial charge in [-0.15, -0.1) is 0 Å². The maximum Gasteiger partial charge on any atom is 0.244 e. The molecule has 1 amide bonds. The molecule has 0 bridgehead atoms. The van der Waals surface area contributed by atoms with E-state index in [1.54, 1.807) is 38.5 Å². The summed E-state index contributed by atoms with van der Waals surface area (Å²) in [7, 11) is 3.15. The van der Waals surface area contributed by atoms with Gasteiger partial charge in [-0.1, -0.05) is 35.9 Å². The van der Waals surface area contributed by atoms with Gasteiger partial charge in [0, 0.05) is 17.6 Å². The van der Waals surface area contributed by atoms with E-state index in [9.17, 15) is 4.79 Å². The lowest BCUT2D eigenvalue weighted by molar-refractivity contribution is -0.116. The Balaban J connectivity index is 1.97. The number of halogens is 1. The summed E-state index contributed by atoms with van der Waals surface area (Å²) in [6, 6.07) is 12.8. The first-order valence-corrected chi connectivity index (χ1v) is 7.43. The number of nitrogens with one attached hydrogen (secondary N) is 1. The second-order valence-electron chi connectivity index (χ2n) is 4.76. The predicted octanol–water partition coefficient (Wildman–Crippen LogP) is 3.69. The zero-order chi connectivity index (χ0) is 16.7. The monoisotopic (exact) mass is 331 g/mol. The van der Waals surface area contributed by atoms with Crippen molar-refractivity contribution in [3.8, 4) is 11.5 Å². The molecule has 0 aromatic heterocycles. The molecule has 5 heteroatoms. The van der Waals surface area contributed by atoms with Gasteiger partial charge in [0.1, 0.15) is 0 Å². The third-order valence-corrected chi connectivity index (χ3v) is 3.61. The number of ether oxygens (including phenoxy) is 2. The molecular weight excluding hydrogens is 314 g/mol. The highest BCUT2D eigenvalue weighted by atomic mass is 35.5. The van der Waals surface area contributed by atoms with E-state index in [1.807, 2.05) is 24.3 Å². The maximum absolute atomic E-state index is 11.9. The van der Waals surface area contributed by atoms with Crippen LogP contribution in [-0.2, 0) is 11.3 Å². The van der Waals surface area contributed by atoms with E-state index in [0.717, 1.165) is 11.1 Å². The van der Waals surface area contributed by atoms with E-state index in [0.29, 0.717) is 23.1 Å².